The molecule has 0 atom stereocenters. The van der Waals surface area contributed by atoms with Crippen molar-refractivity contribution >= 4 is 28.9 Å². The van der Waals surface area contributed by atoms with Crippen molar-refractivity contribution in [3.05, 3.63) is 50.9 Å². The molecule has 1 saturated carbocycles. The minimum atomic E-state index is 0.209. The van der Waals surface area contributed by atoms with Crippen molar-refractivity contribution in [3.8, 4) is 0 Å². The monoisotopic (exact) mass is 376 g/mol. The molecular formula is C19H25ClN4S. The Morgan fingerprint density at radius 3 is 2.84 bits per heavy atom. The predicted molar refractivity (Wildman–Crippen MR) is 107 cm³/mol. The van der Waals surface area contributed by atoms with Gasteiger partial charge in [-0.1, -0.05) is 23.7 Å². The number of halogens is 1. The van der Waals surface area contributed by atoms with Crippen LogP contribution in [-0.2, 0) is 11.8 Å². The number of aryl methyl sites for hydroxylation is 2. The molecule has 25 heavy (non-hydrogen) atoms. The third-order valence-electron chi connectivity index (χ3n) is 4.63. The molecule has 4 nitrogen and oxygen atoms in total. The van der Waals surface area contributed by atoms with E-state index in [0.717, 1.165) is 42.6 Å². The number of hydrogen-bond donors (Lipinski definition) is 2. The summed E-state index contributed by atoms with van der Waals surface area (Å²) < 4.78 is 0. The lowest BCUT2D eigenvalue weighted by Gasteiger charge is -2.19. The van der Waals surface area contributed by atoms with Gasteiger partial charge in [0, 0.05) is 48.1 Å². The molecule has 0 amide bonds. The average Bonchev–Trinajstić information content (AvgIpc) is 3.29. The summed E-state index contributed by atoms with van der Waals surface area (Å²) in [4.78, 5) is 8.83. The van der Waals surface area contributed by atoms with Crippen LogP contribution in [0.25, 0.3) is 0 Å². The van der Waals surface area contributed by atoms with Crippen molar-refractivity contribution in [1.82, 2.24) is 15.6 Å². The maximum Gasteiger partial charge on any atom is 0.191 e. The fourth-order valence-corrected chi connectivity index (χ4v) is 3.98. The highest BCUT2D eigenvalue weighted by Gasteiger charge is 2.44. The van der Waals surface area contributed by atoms with E-state index in [1.807, 2.05) is 26.1 Å². The van der Waals surface area contributed by atoms with Crippen LogP contribution >= 0.6 is 22.9 Å². The number of thiazole rings is 1. The smallest absolute Gasteiger partial charge is 0.191 e. The number of aromatic nitrogens is 1. The highest BCUT2D eigenvalue weighted by molar-refractivity contribution is 7.09. The molecule has 0 radical (unpaired) electrons. The van der Waals surface area contributed by atoms with Crippen molar-refractivity contribution < 1.29 is 0 Å². The van der Waals surface area contributed by atoms with Crippen LogP contribution in [0, 0.1) is 6.92 Å². The Hall–Kier alpha value is -1.59. The Bertz CT molecular complexity index is 737. The SMILES string of the molecule is CN=C(NCCCc1nc(C)cs1)NCC1(c2cccc(Cl)c2)CC1. The second kappa shape index (κ2) is 8.19. The first-order valence-electron chi connectivity index (χ1n) is 8.73. The highest BCUT2D eigenvalue weighted by Crippen LogP contribution is 2.48. The number of nitrogens with one attached hydrogen (secondary N) is 2. The molecule has 0 aliphatic heterocycles. The summed E-state index contributed by atoms with van der Waals surface area (Å²) in [5, 5.41) is 11.0. The van der Waals surface area contributed by atoms with Gasteiger partial charge in [0.25, 0.3) is 0 Å². The van der Waals surface area contributed by atoms with E-state index >= 15 is 0 Å². The Balaban J connectivity index is 1.43. The van der Waals surface area contributed by atoms with Gasteiger partial charge in [-0.25, -0.2) is 4.98 Å². The fourth-order valence-electron chi connectivity index (χ4n) is 2.97. The van der Waals surface area contributed by atoms with Gasteiger partial charge in [0.2, 0.25) is 0 Å². The molecule has 2 aromatic rings. The first kappa shape index (κ1) is 18.2. The molecule has 1 aromatic heterocycles. The summed E-state index contributed by atoms with van der Waals surface area (Å²) in [7, 11) is 1.82. The van der Waals surface area contributed by atoms with E-state index in [4.69, 9.17) is 11.6 Å². The molecule has 1 fully saturated rings. The normalized spacial score (nSPS) is 15.9. The third kappa shape index (κ3) is 4.95. The number of nitrogens with zero attached hydrogens (tertiary/aromatic N) is 2. The molecular weight excluding hydrogens is 352 g/mol. The number of benzene rings is 1. The van der Waals surface area contributed by atoms with E-state index in [1.54, 1.807) is 11.3 Å². The quantitative estimate of drug-likeness (QED) is 0.437. The summed E-state index contributed by atoms with van der Waals surface area (Å²) in [5.41, 5.74) is 2.64. The Kier molecular flexibility index (Phi) is 5.97. The topological polar surface area (TPSA) is 49.3 Å². The highest BCUT2D eigenvalue weighted by atomic mass is 35.5. The van der Waals surface area contributed by atoms with Gasteiger partial charge < -0.3 is 10.6 Å². The maximum atomic E-state index is 6.14. The molecule has 1 heterocycles. The Morgan fingerprint density at radius 2 is 2.20 bits per heavy atom. The van der Waals surface area contributed by atoms with E-state index < -0.39 is 0 Å². The van der Waals surface area contributed by atoms with E-state index in [1.165, 1.54) is 23.4 Å². The molecule has 134 valence electrons. The van der Waals surface area contributed by atoms with Crippen molar-refractivity contribution in [2.75, 3.05) is 20.1 Å². The van der Waals surface area contributed by atoms with Crippen LogP contribution in [-0.4, -0.2) is 31.1 Å². The van der Waals surface area contributed by atoms with Crippen molar-refractivity contribution in [2.24, 2.45) is 4.99 Å². The van der Waals surface area contributed by atoms with Gasteiger partial charge in [-0.2, -0.15) is 0 Å². The minimum Gasteiger partial charge on any atom is -0.356 e. The van der Waals surface area contributed by atoms with E-state index in [0.29, 0.717) is 0 Å². The number of hydrogen-bond acceptors (Lipinski definition) is 3. The molecule has 3 rings (SSSR count). The number of rotatable bonds is 7. The summed E-state index contributed by atoms with van der Waals surface area (Å²) in [5.74, 6) is 0.864. The Morgan fingerprint density at radius 1 is 1.36 bits per heavy atom. The molecule has 1 aliphatic rings. The average molecular weight is 377 g/mol. The zero-order valence-electron chi connectivity index (χ0n) is 14.8. The first-order valence-corrected chi connectivity index (χ1v) is 9.99. The largest absolute Gasteiger partial charge is 0.356 e. The summed E-state index contributed by atoms with van der Waals surface area (Å²) in [6.07, 6.45) is 4.45. The lowest BCUT2D eigenvalue weighted by atomic mass is 9.96. The Labute approximate surface area is 158 Å². The summed E-state index contributed by atoms with van der Waals surface area (Å²) in [6.45, 7) is 3.82. The lowest BCUT2D eigenvalue weighted by Crippen LogP contribution is -2.41. The summed E-state index contributed by atoms with van der Waals surface area (Å²) in [6, 6.07) is 8.22. The molecule has 2 N–H and O–H groups in total. The van der Waals surface area contributed by atoms with Crippen LogP contribution < -0.4 is 10.6 Å². The van der Waals surface area contributed by atoms with Gasteiger partial charge in [0.05, 0.1) is 5.01 Å². The number of guanidine groups is 1. The second-order valence-electron chi connectivity index (χ2n) is 6.63. The zero-order valence-corrected chi connectivity index (χ0v) is 16.4. The zero-order chi connectivity index (χ0) is 17.7. The van der Waals surface area contributed by atoms with Crippen LogP contribution in [0.2, 0.25) is 5.02 Å². The van der Waals surface area contributed by atoms with Gasteiger partial charge >= 0.3 is 0 Å². The fraction of sp³-hybridized carbons (Fsp3) is 0.474. The van der Waals surface area contributed by atoms with Crippen molar-refractivity contribution in [1.29, 1.82) is 0 Å². The molecule has 0 unspecified atom stereocenters. The summed E-state index contributed by atoms with van der Waals surface area (Å²) >= 11 is 7.88. The van der Waals surface area contributed by atoms with Gasteiger partial charge in [0.15, 0.2) is 5.96 Å². The van der Waals surface area contributed by atoms with Gasteiger partial charge in [-0.3, -0.25) is 4.99 Å². The van der Waals surface area contributed by atoms with Crippen molar-refractivity contribution in [3.63, 3.8) is 0 Å². The molecule has 0 saturated heterocycles. The standard InChI is InChI=1S/C19H25ClN4S/c1-14-12-25-17(24-14)7-4-10-22-18(21-2)23-13-19(8-9-19)15-5-3-6-16(20)11-15/h3,5-6,11-12H,4,7-10,13H2,1-2H3,(H2,21,22,23). The van der Waals surface area contributed by atoms with E-state index in [2.05, 4.69) is 38.1 Å². The molecule has 1 aromatic carbocycles. The van der Waals surface area contributed by atoms with Gasteiger partial charge in [-0.05, 0) is 43.9 Å². The molecule has 0 spiro atoms. The second-order valence-corrected chi connectivity index (χ2v) is 8.01. The third-order valence-corrected chi connectivity index (χ3v) is 5.90. The number of aliphatic imine (C=N–C) groups is 1. The van der Waals surface area contributed by atoms with Crippen LogP contribution in [0.3, 0.4) is 0 Å². The maximum absolute atomic E-state index is 6.14. The van der Waals surface area contributed by atoms with Gasteiger partial charge in [0.1, 0.15) is 0 Å². The van der Waals surface area contributed by atoms with Crippen molar-refractivity contribution in [2.45, 2.75) is 38.0 Å². The minimum absolute atomic E-state index is 0.209. The van der Waals surface area contributed by atoms with Crippen LogP contribution in [0.5, 0.6) is 0 Å². The van der Waals surface area contributed by atoms with E-state index in [9.17, 15) is 0 Å². The molecule has 1 aliphatic carbocycles. The van der Waals surface area contributed by atoms with Crippen LogP contribution in [0.4, 0.5) is 0 Å². The predicted octanol–water partition coefficient (Wildman–Crippen LogP) is 3.93. The molecule has 0 bridgehead atoms. The van der Waals surface area contributed by atoms with Gasteiger partial charge in [-0.15, -0.1) is 11.3 Å². The van der Waals surface area contributed by atoms with E-state index in [-0.39, 0.29) is 5.41 Å². The van der Waals surface area contributed by atoms with Crippen LogP contribution in [0.1, 0.15) is 35.5 Å². The first-order chi connectivity index (χ1) is 12.1. The van der Waals surface area contributed by atoms with Crippen LogP contribution in [0.15, 0.2) is 34.6 Å². The lowest BCUT2D eigenvalue weighted by molar-refractivity contribution is 0.642. The molecule has 6 heteroatoms.